The number of nitrogens with zero attached hydrogens (tertiary/aromatic N) is 2. The minimum absolute atomic E-state index is 0.00293. The number of nitrogens with two attached hydrogens (primary N) is 1. The van der Waals surface area contributed by atoms with Crippen LogP contribution in [0.5, 0.6) is 0 Å². The van der Waals surface area contributed by atoms with Crippen LogP contribution in [0.2, 0.25) is 5.02 Å². The summed E-state index contributed by atoms with van der Waals surface area (Å²) in [7, 11) is 1.99. The first-order valence-electron chi connectivity index (χ1n) is 7.16. The van der Waals surface area contributed by atoms with Crippen molar-refractivity contribution < 1.29 is 0 Å². The van der Waals surface area contributed by atoms with Crippen LogP contribution in [0.3, 0.4) is 0 Å². The van der Waals surface area contributed by atoms with Gasteiger partial charge in [-0.2, -0.15) is 5.10 Å². The van der Waals surface area contributed by atoms with Crippen LogP contribution in [0.15, 0.2) is 30.3 Å². The smallest absolute Gasteiger partial charge is 0.0733 e. The van der Waals surface area contributed by atoms with Crippen LogP contribution in [0.25, 0.3) is 0 Å². The third kappa shape index (κ3) is 2.05. The van der Waals surface area contributed by atoms with E-state index in [4.69, 9.17) is 22.4 Å². The Bertz CT molecular complexity index is 614. The number of benzene rings is 1. The average molecular weight is 290 g/mol. The van der Waals surface area contributed by atoms with E-state index in [0.717, 1.165) is 30.0 Å². The van der Waals surface area contributed by atoms with Crippen LogP contribution < -0.4 is 5.73 Å². The summed E-state index contributed by atoms with van der Waals surface area (Å²) in [6.45, 7) is 0.651. The Kier molecular flexibility index (Phi) is 3.57. The van der Waals surface area contributed by atoms with E-state index in [1.165, 1.54) is 17.7 Å². The third-order valence-electron chi connectivity index (χ3n) is 4.46. The highest BCUT2D eigenvalue weighted by Gasteiger charge is 2.43. The second kappa shape index (κ2) is 5.23. The number of halogens is 1. The first-order valence-corrected chi connectivity index (χ1v) is 7.53. The Morgan fingerprint density at radius 3 is 2.70 bits per heavy atom. The fourth-order valence-electron chi connectivity index (χ4n) is 3.16. The number of hydrogen-bond acceptors (Lipinski definition) is 2. The van der Waals surface area contributed by atoms with Gasteiger partial charge in [0.05, 0.1) is 5.69 Å². The molecule has 1 aliphatic rings. The maximum atomic E-state index is 6.42. The van der Waals surface area contributed by atoms with Gasteiger partial charge < -0.3 is 5.73 Å². The van der Waals surface area contributed by atoms with Crippen LogP contribution in [-0.2, 0) is 18.9 Å². The van der Waals surface area contributed by atoms with Gasteiger partial charge in [0.1, 0.15) is 0 Å². The van der Waals surface area contributed by atoms with E-state index in [0.29, 0.717) is 6.54 Å². The molecule has 1 fully saturated rings. The van der Waals surface area contributed by atoms with Crippen molar-refractivity contribution in [3.05, 3.63) is 52.3 Å². The van der Waals surface area contributed by atoms with E-state index in [1.54, 1.807) is 0 Å². The molecule has 0 amide bonds. The predicted molar refractivity (Wildman–Crippen MR) is 82.0 cm³/mol. The van der Waals surface area contributed by atoms with Crippen molar-refractivity contribution in [2.45, 2.75) is 31.1 Å². The van der Waals surface area contributed by atoms with Gasteiger partial charge in [-0.3, -0.25) is 4.68 Å². The van der Waals surface area contributed by atoms with Gasteiger partial charge >= 0.3 is 0 Å². The molecule has 2 aromatic rings. The maximum absolute atomic E-state index is 6.42. The topological polar surface area (TPSA) is 43.8 Å². The van der Waals surface area contributed by atoms with Gasteiger partial charge in [0.25, 0.3) is 0 Å². The molecule has 4 heteroatoms. The van der Waals surface area contributed by atoms with Crippen molar-refractivity contribution >= 4 is 11.6 Å². The molecular weight excluding hydrogens is 270 g/mol. The number of hydrogen-bond donors (Lipinski definition) is 1. The van der Waals surface area contributed by atoms with Gasteiger partial charge in [0, 0.05) is 29.6 Å². The van der Waals surface area contributed by atoms with E-state index in [9.17, 15) is 0 Å². The number of aryl methyl sites for hydroxylation is 1. The Morgan fingerprint density at radius 1 is 1.35 bits per heavy atom. The molecule has 1 aromatic heterocycles. The lowest BCUT2D eigenvalue weighted by Gasteiger charge is -2.41. The summed E-state index contributed by atoms with van der Waals surface area (Å²) in [5, 5.41) is 5.59. The second-order valence-electron chi connectivity index (χ2n) is 5.60. The van der Waals surface area contributed by atoms with Crippen molar-refractivity contribution in [2.75, 3.05) is 6.54 Å². The monoisotopic (exact) mass is 289 g/mol. The molecule has 0 saturated heterocycles. The van der Waals surface area contributed by atoms with Crippen LogP contribution in [-0.4, -0.2) is 16.3 Å². The predicted octanol–water partition coefficient (Wildman–Crippen LogP) is 3.04. The summed E-state index contributed by atoms with van der Waals surface area (Å²) < 4.78 is 1.96. The van der Waals surface area contributed by atoms with Gasteiger partial charge in [0.2, 0.25) is 0 Å². The zero-order valence-corrected chi connectivity index (χ0v) is 12.5. The SMILES string of the molecule is Cn1nc(C2(c3ccccc3Cl)CCC2)cc1CCN. The van der Waals surface area contributed by atoms with Gasteiger partial charge in [-0.25, -0.2) is 0 Å². The Labute approximate surface area is 124 Å². The molecule has 0 unspecified atom stereocenters. The molecule has 1 saturated carbocycles. The number of aromatic nitrogens is 2. The molecule has 1 heterocycles. The molecule has 20 heavy (non-hydrogen) atoms. The lowest BCUT2D eigenvalue weighted by molar-refractivity contribution is 0.292. The highest BCUT2D eigenvalue weighted by molar-refractivity contribution is 6.31. The van der Waals surface area contributed by atoms with Crippen molar-refractivity contribution in [2.24, 2.45) is 12.8 Å². The molecule has 0 bridgehead atoms. The van der Waals surface area contributed by atoms with Crippen molar-refractivity contribution in [1.82, 2.24) is 9.78 Å². The number of rotatable bonds is 4. The quantitative estimate of drug-likeness (QED) is 0.940. The summed E-state index contributed by atoms with van der Waals surface area (Å²) in [5.41, 5.74) is 9.22. The average Bonchev–Trinajstić information content (AvgIpc) is 2.73. The van der Waals surface area contributed by atoms with Gasteiger partial charge in [-0.1, -0.05) is 36.2 Å². The zero-order valence-electron chi connectivity index (χ0n) is 11.8. The molecule has 2 N–H and O–H groups in total. The second-order valence-corrected chi connectivity index (χ2v) is 6.01. The van der Waals surface area contributed by atoms with Crippen molar-refractivity contribution in [3.8, 4) is 0 Å². The molecule has 3 rings (SSSR count). The van der Waals surface area contributed by atoms with Crippen molar-refractivity contribution in [1.29, 1.82) is 0 Å². The summed E-state index contributed by atoms with van der Waals surface area (Å²) >= 11 is 6.42. The zero-order chi connectivity index (χ0) is 14.2. The summed E-state index contributed by atoms with van der Waals surface area (Å²) in [4.78, 5) is 0. The lowest BCUT2D eigenvalue weighted by atomic mass is 9.62. The molecule has 1 aliphatic carbocycles. The molecule has 0 radical (unpaired) electrons. The molecular formula is C16H20ClN3. The lowest BCUT2D eigenvalue weighted by Crippen LogP contribution is -2.36. The van der Waals surface area contributed by atoms with Gasteiger partial charge in [-0.05, 0) is 37.1 Å². The molecule has 0 atom stereocenters. The molecule has 0 aliphatic heterocycles. The molecule has 3 nitrogen and oxygen atoms in total. The molecule has 106 valence electrons. The standard InChI is InChI=1S/C16H20ClN3/c1-20-12(7-10-18)11-15(19-20)16(8-4-9-16)13-5-2-3-6-14(13)17/h2-3,5-6,11H,4,7-10,18H2,1H3. The van der Waals surface area contributed by atoms with Crippen molar-refractivity contribution in [3.63, 3.8) is 0 Å². The summed E-state index contributed by atoms with van der Waals surface area (Å²) in [6.07, 6.45) is 4.34. The Balaban J connectivity index is 2.05. The molecule has 1 aromatic carbocycles. The van der Waals surface area contributed by atoms with E-state index < -0.39 is 0 Å². The van der Waals surface area contributed by atoms with Crippen LogP contribution >= 0.6 is 11.6 Å². The summed E-state index contributed by atoms with van der Waals surface area (Å²) in [6, 6.07) is 10.4. The minimum Gasteiger partial charge on any atom is -0.330 e. The fourth-order valence-corrected chi connectivity index (χ4v) is 3.48. The van der Waals surface area contributed by atoms with Crippen LogP contribution in [0, 0.1) is 0 Å². The van der Waals surface area contributed by atoms with E-state index in [-0.39, 0.29) is 5.41 Å². The van der Waals surface area contributed by atoms with Crippen LogP contribution in [0.1, 0.15) is 36.2 Å². The Morgan fingerprint density at radius 2 is 2.10 bits per heavy atom. The Hall–Kier alpha value is -1.32. The highest BCUT2D eigenvalue weighted by atomic mass is 35.5. The molecule has 0 spiro atoms. The first kappa shape index (κ1) is 13.7. The largest absolute Gasteiger partial charge is 0.330 e. The van der Waals surface area contributed by atoms with Gasteiger partial charge in [0.15, 0.2) is 0 Å². The third-order valence-corrected chi connectivity index (χ3v) is 4.79. The maximum Gasteiger partial charge on any atom is 0.0733 e. The first-order chi connectivity index (χ1) is 9.67. The van der Waals surface area contributed by atoms with E-state index in [1.807, 2.05) is 23.9 Å². The van der Waals surface area contributed by atoms with E-state index in [2.05, 4.69) is 18.2 Å². The normalized spacial score (nSPS) is 16.9. The van der Waals surface area contributed by atoms with Crippen LogP contribution in [0.4, 0.5) is 0 Å². The minimum atomic E-state index is 0.00293. The fraction of sp³-hybridized carbons (Fsp3) is 0.438. The summed E-state index contributed by atoms with van der Waals surface area (Å²) in [5.74, 6) is 0. The highest BCUT2D eigenvalue weighted by Crippen LogP contribution is 2.50. The van der Waals surface area contributed by atoms with Gasteiger partial charge in [-0.15, -0.1) is 0 Å². The van der Waals surface area contributed by atoms with E-state index >= 15 is 0 Å².